The first-order valence-electron chi connectivity index (χ1n) is 26.3. The molecule has 3 nitrogen and oxygen atoms in total. The van der Waals surface area contributed by atoms with Crippen molar-refractivity contribution in [3.63, 3.8) is 0 Å². The van der Waals surface area contributed by atoms with E-state index in [1.807, 2.05) is 12.2 Å². The van der Waals surface area contributed by atoms with E-state index >= 15 is 0 Å². The van der Waals surface area contributed by atoms with Crippen molar-refractivity contribution in [3.05, 3.63) is 288 Å². The van der Waals surface area contributed by atoms with Gasteiger partial charge in [-0.2, -0.15) is 0 Å². The van der Waals surface area contributed by atoms with Gasteiger partial charge in [0.25, 0.3) is 0 Å². The lowest BCUT2D eigenvalue weighted by molar-refractivity contribution is 0.107. The highest BCUT2D eigenvalue weighted by Gasteiger charge is 2.35. The highest BCUT2D eigenvalue weighted by atomic mass is 16.5. The van der Waals surface area contributed by atoms with Crippen LogP contribution in [0.5, 0.6) is 0 Å². The van der Waals surface area contributed by atoms with E-state index in [9.17, 15) is 0 Å². The molecule has 75 heavy (non-hydrogen) atoms. The van der Waals surface area contributed by atoms with Crippen molar-refractivity contribution in [2.75, 3.05) is 4.90 Å². The Morgan fingerprint density at radius 2 is 0.920 bits per heavy atom. The lowest BCUT2D eigenvalue weighted by Gasteiger charge is -2.28. The van der Waals surface area contributed by atoms with E-state index in [4.69, 9.17) is 4.74 Å². The van der Waals surface area contributed by atoms with E-state index in [0.29, 0.717) is 13.2 Å². The smallest absolute Gasteiger partial charge is 0.0721 e. The number of benzene rings is 10. The van der Waals surface area contributed by atoms with Crippen LogP contribution < -0.4 is 4.90 Å². The molecule has 0 atom stereocenters. The number of fused-ring (bicyclic) bond motifs is 6. The third-order valence-corrected chi connectivity index (χ3v) is 15.4. The quantitative estimate of drug-likeness (QED) is 0.0960. The largest absolute Gasteiger partial charge is 0.372 e. The fraction of sp³-hybridized carbons (Fsp3) is 0.111. The molecule has 3 heteroatoms. The van der Waals surface area contributed by atoms with Gasteiger partial charge in [0, 0.05) is 38.9 Å². The number of nitrogens with zero attached hydrogens (tertiary/aromatic N) is 2. The van der Waals surface area contributed by atoms with Crippen molar-refractivity contribution in [1.29, 1.82) is 0 Å². The lowest BCUT2D eigenvalue weighted by Crippen LogP contribution is -2.16. The second kappa shape index (κ2) is 20.3. The van der Waals surface area contributed by atoms with Gasteiger partial charge in [0.15, 0.2) is 0 Å². The minimum absolute atomic E-state index is 0.117. The number of rotatable bonds is 16. The minimum Gasteiger partial charge on any atom is -0.372 e. The molecule has 0 radical (unpaired) electrons. The van der Waals surface area contributed by atoms with Crippen LogP contribution in [0, 0.1) is 0 Å². The summed E-state index contributed by atoms with van der Waals surface area (Å²) in [4.78, 5) is 2.41. The van der Waals surface area contributed by atoms with Gasteiger partial charge < -0.3 is 14.2 Å². The van der Waals surface area contributed by atoms with Crippen LogP contribution in [0.25, 0.3) is 73.0 Å². The number of aromatic nitrogens is 1. The van der Waals surface area contributed by atoms with Crippen molar-refractivity contribution in [2.24, 2.45) is 0 Å². The molecule has 0 saturated heterocycles. The number of ether oxygens (including phenoxy) is 1. The molecule has 10 aromatic carbocycles. The molecule has 0 bridgehead atoms. The number of hydrogen-bond donors (Lipinski definition) is 0. The number of anilines is 3. The van der Waals surface area contributed by atoms with Gasteiger partial charge in [-0.1, -0.05) is 197 Å². The van der Waals surface area contributed by atoms with Crippen LogP contribution in [0.15, 0.2) is 244 Å². The van der Waals surface area contributed by atoms with Gasteiger partial charge in [-0.25, -0.2) is 0 Å². The molecule has 0 N–H and O–H groups in total. The summed E-state index contributed by atoms with van der Waals surface area (Å²) in [5.74, 6) is 0. The number of aryl methyl sites for hydroxylation is 2. The fourth-order valence-electron chi connectivity index (χ4n) is 11.3. The third kappa shape index (κ3) is 9.33. The van der Waals surface area contributed by atoms with E-state index in [0.717, 1.165) is 64.3 Å². The molecule has 1 aromatic heterocycles. The second-order valence-electron chi connectivity index (χ2n) is 20.5. The second-order valence-corrected chi connectivity index (χ2v) is 20.5. The maximum Gasteiger partial charge on any atom is 0.0721 e. The summed E-state index contributed by atoms with van der Waals surface area (Å²) >= 11 is 0. The van der Waals surface area contributed by atoms with Crippen LogP contribution in [0.1, 0.15) is 64.8 Å². The maximum atomic E-state index is 6.17. The first kappa shape index (κ1) is 47.3. The minimum atomic E-state index is -0.117. The molecule has 1 aliphatic carbocycles. The first-order valence-corrected chi connectivity index (χ1v) is 26.3. The Bertz CT molecular complexity index is 3840. The maximum absolute atomic E-state index is 6.17. The van der Waals surface area contributed by atoms with Gasteiger partial charge in [0.05, 0.1) is 24.2 Å². The molecule has 0 aliphatic heterocycles. The van der Waals surface area contributed by atoms with Crippen molar-refractivity contribution in [3.8, 4) is 39.1 Å². The molecule has 1 aliphatic rings. The monoisotopic (exact) mass is 968 g/mol. The SMILES string of the molecule is C=Cc1ccc(CCCc2ccc3c(c2)c2cc(-c4ccc(N(c5ccc(-c6ccccc6)cc5)c5ccc6c(c5)C(C)(C)c5ccccc5-6)cc4)ccc2n3-c2ccc(COCc3ccc(C=C)cc3)cc2)cc1. The van der Waals surface area contributed by atoms with Gasteiger partial charge in [-0.05, 0) is 170 Å². The molecule has 11 aromatic rings. The molecule has 0 spiro atoms. The summed E-state index contributed by atoms with van der Waals surface area (Å²) in [6.07, 6.45) is 6.87. The van der Waals surface area contributed by atoms with Crippen LogP contribution in [0.2, 0.25) is 0 Å². The van der Waals surface area contributed by atoms with Crippen molar-refractivity contribution >= 4 is 51.0 Å². The Labute approximate surface area is 442 Å². The summed E-state index contributed by atoms with van der Waals surface area (Å²) in [6, 6.07) is 84.8. The molecule has 364 valence electrons. The van der Waals surface area contributed by atoms with Gasteiger partial charge >= 0.3 is 0 Å². The van der Waals surface area contributed by atoms with Crippen LogP contribution >= 0.6 is 0 Å². The van der Waals surface area contributed by atoms with Crippen molar-refractivity contribution < 1.29 is 4.74 Å². The molecule has 0 amide bonds. The lowest BCUT2D eigenvalue weighted by atomic mass is 9.82. The van der Waals surface area contributed by atoms with Crippen molar-refractivity contribution in [1.82, 2.24) is 4.57 Å². The Kier molecular flexibility index (Phi) is 12.8. The summed E-state index contributed by atoms with van der Waals surface area (Å²) < 4.78 is 8.59. The van der Waals surface area contributed by atoms with E-state index in [-0.39, 0.29) is 5.41 Å². The van der Waals surface area contributed by atoms with Gasteiger partial charge in [-0.3, -0.25) is 0 Å². The summed E-state index contributed by atoms with van der Waals surface area (Å²) in [5, 5.41) is 2.50. The Hall–Kier alpha value is -8.76. The zero-order valence-electron chi connectivity index (χ0n) is 42.8. The number of hydrogen-bond acceptors (Lipinski definition) is 2. The third-order valence-electron chi connectivity index (χ3n) is 15.4. The highest BCUT2D eigenvalue weighted by Crippen LogP contribution is 2.51. The van der Waals surface area contributed by atoms with Gasteiger partial charge in [-0.15, -0.1) is 0 Å². The van der Waals surface area contributed by atoms with Gasteiger partial charge in [0.1, 0.15) is 0 Å². The first-order chi connectivity index (χ1) is 36.8. The predicted octanol–water partition coefficient (Wildman–Crippen LogP) is 19.1. The van der Waals surface area contributed by atoms with Crippen LogP contribution in [0.4, 0.5) is 17.1 Å². The topological polar surface area (TPSA) is 17.4 Å². The summed E-state index contributed by atoms with van der Waals surface area (Å²) in [6.45, 7) is 13.6. The van der Waals surface area contributed by atoms with Crippen molar-refractivity contribution in [2.45, 2.75) is 51.7 Å². The summed E-state index contributed by atoms with van der Waals surface area (Å²) in [7, 11) is 0. The molecule has 0 unspecified atom stereocenters. The highest BCUT2D eigenvalue weighted by molar-refractivity contribution is 6.10. The molecule has 0 fully saturated rings. The van der Waals surface area contributed by atoms with E-state index in [1.165, 1.54) is 77.4 Å². The standard InChI is InChI=1S/C72H60N2O/c1-5-50-19-23-52(24-20-50)13-12-14-53-29-43-70-66(45-53)67-46-59(34-44-71(67)74(70)62-35-27-55(28-36-62)49-75-48-54-25-21-51(6-2)22-26-54)58-32-39-61(40-33-58)73(60-37-30-57(31-38-60)56-15-8-7-9-16-56)63-41-42-65-64-17-10-11-18-68(64)72(3,4)69(65)47-63/h5-11,15-47H,1-2,12-14,48-49H2,3-4H3. The predicted molar refractivity (Wildman–Crippen MR) is 317 cm³/mol. The molecule has 0 saturated carbocycles. The van der Waals surface area contributed by atoms with E-state index in [1.54, 1.807) is 0 Å². The van der Waals surface area contributed by atoms with Gasteiger partial charge in [0.2, 0.25) is 0 Å². The Balaban J connectivity index is 0.881. The average Bonchev–Trinajstić information content (AvgIpc) is 3.92. The molecular weight excluding hydrogens is 909 g/mol. The summed E-state index contributed by atoms with van der Waals surface area (Å²) in [5.41, 5.74) is 24.1. The fourth-order valence-corrected chi connectivity index (χ4v) is 11.3. The molecular formula is C72H60N2O. The van der Waals surface area contributed by atoms with E-state index in [2.05, 4.69) is 267 Å². The Morgan fingerprint density at radius 1 is 0.427 bits per heavy atom. The van der Waals surface area contributed by atoms with E-state index < -0.39 is 0 Å². The Morgan fingerprint density at radius 3 is 1.57 bits per heavy atom. The zero-order chi connectivity index (χ0) is 50.9. The normalized spacial score (nSPS) is 12.4. The molecule has 12 rings (SSSR count). The molecule has 1 heterocycles. The zero-order valence-corrected chi connectivity index (χ0v) is 42.8. The average molecular weight is 969 g/mol. The van der Waals surface area contributed by atoms with Crippen LogP contribution in [-0.4, -0.2) is 4.57 Å². The van der Waals surface area contributed by atoms with Crippen LogP contribution in [0.3, 0.4) is 0 Å². The van der Waals surface area contributed by atoms with Crippen LogP contribution in [-0.2, 0) is 36.2 Å².